The van der Waals surface area contributed by atoms with E-state index >= 15 is 0 Å². The summed E-state index contributed by atoms with van der Waals surface area (Å²) in [4.78, 5) is 14.4. The topological polar surface area (TPSA) is 29.4 Å². The zero-order valence-corrected chi connectivity index (χ0v) is 6.82. The molecule has 6 saturated carbocycles. The van der Waals surface area contributed by atoms with Gasteiger partial charge in [-0.15, -0.1) is 0 Å². The number of nitrogens with zero attached hydrogens (tertiary/aromatic N) is 1. The summed E-state index contributed by atoms with van der Waals surface area (Å²) in [5.41, 5.74) is 0.944. The molecule has 2 heteroatoms. The molecule has 0 amide bonds. The lowest BCUT2D eigenvalue weighted by molar-refractivity contribution is -0.614. The van der Waals surface area contributed by atoms with E-state index in [0.717, 1.165) is 40.9 Å². The van der Waals surface area contributed by atoms with Gasteiger partial charge in [-0.25, -0.2) is 4.79 Å². The van der Waals surface area contributed by atoms with E-state index in [1.54, 1.807) is 6.08 Å². The first-order valence-corrected chi connectivity index (χ1v) is 4.88. The van der Waals surface area contributed by atoms with E-state index in [1.165, 1.54) is 0 Å². The van der Waals surface area contributed by atoms with Gasteiger partial charge in [0.2, 0.25) is 6.08 Å². The summed E-state index contributed by atoms with van der Waals surface area (Å²) < 4.78 is 0. The number of isocyanates is 1. The van der Waals surface area contributed by atoms with Gasteiger partial charge in [0, 0.05) is 0 Å². The predicted octanol–water partition coefficient (Wildman–Crippen LogP) is 0.833. The Labute approximate surface area is 70.1 Å². The fraction of sp³-hybridized carbons (Fsp3) is 0.900. The Morgan fingerprint density at radius 3 is 2.00 bits per heavy atom. The number of hydrogen-bond acceptors (Lipinski definition) is 2. The first-order chi connectivity index (χ1) is 5.79. The van der Waals surface area contributed by atoms with Gasteiger partial charge in [0.25, 0.3) is 0 Å². The van der Waals surface area contributed by atoms with Crippen molar-refractivity contribution in [1.29, 1.82) is 0 Å². The van der Waals surface area contributed by atoms with Crippen molar-refractivity contribution in [2.75, 3.05) is 0 Å². The molecule has 6 rings (SSSR count). The smallest absolute Gasteiger partial charge is 0.211 e. The van der Waals surface area contributed by atoms with Crippen molar-refractivity contribution < 1.29 is 4.79 Å². The van der Waals surface area contributed by atoms with Crippen molar-refractivity contribution >= 4 is 6.08 Å². The molecule has 0 bridgehead atoms. The van der Waals surface area contributed by atoms with Crippen LogP contribution in [0.3, 0.4) is 0 Å². The number of carbonyl (C=O) groups excluding carboxylic acids is 1. The lowest BCUT2D eigenvalue weighted by Gasteiger charge is -3.09. The van der Waals surface area contributed by atoms with Gasteiger partial charge in [-0.2, -0.15) is 4.99 Å². The Hall–Kier alpha value is -0.620. The van der Waals surface area contributed by atoms with Crippen molar-refractivity contribution in [2.45, 2.75) is 12.5 Å². The molecule has 0 spiro atoms. The van der Waals surface area contributed by atoms with Crippen LogP contribution in [0, 0.1) is 40.9 Å². The summed E-state index contributed by atoms with van der Waals surface area (Å²) in [6.07, 6.45) is 1.79. The summed E-state index contributed by atoms with van der Waals surface area (Å²) in [6, 6.07) is 0. The van der Waals surface area contributed by atoms with Gasteiger partial charge < -0.3 is 0 Å². The van der Waals surface area contributed by atoms with Crippen LogP contribution in [0.5, 0.6) is 0 Å². The van der Waals surface area contributed by atoms with E-state index in [-0.39, 0.29) is 5.54 Å². The van der Waals surface area contributed by atoms with E-state index in [4.69, 9.17) is 0 Å². The third kappa shape index (κ3) is 0.164. The largest absolute Gasteiger partial charge is 0.235 e. The number of rotatable bonds is 1. The number of hydrogen-bond donors (Lipinski definition) is 0. The Bertz CT molecular complexity index is 339. The maximum atomic E-state index is 10.3. The van der Waals surface area contributed by atoms with Crippen LogP contribution in [0.2, 0.25) is 0 Å². The summed E-state index contributed by atoms with van der Waals surface area (Å²) >= 11 is 0. The Kier molecular flexibility index (Phi) is 0.401. The predicted molar refractivity (Wildman–Crippen MR) is 39.9 cm³/mol. The summed E-state index contributed by atoms with van der Waals surface area (Å²) in [6.45, 7) is 2.45. The van der Waals surface area contributed by atoms with Gasteiger partial charge in [-0.3, -0.25) is 0 Å². The minimum absolute atomic E-state index is 0.194. The van der Waals surface area contributed by atoms with Crippen molar-refractivity contribution in [1.82, 2.24) is 0 Å². The Balaban J connectivity index is 1.74. The van der Waals surface area contributed by atoms with Gasteiger partial charge in [0.1, 0.15) is 0 Å². The number of aliphatic imine (C=N–C) groups is 1. The highest BCUT2D eigenvalue weighted by Gasteiger charge is 3.09. The van der Waals surface area contributed by atoms with E-state index in [1.807, 2.05) is 0 Å². The molecule has 6 aliphatic carbocycles. The fourth-order valence-electron chi connectivity index (χ4n) is 6.31. The Morgan fingerprint density at radius 1 is 1.08 bits per heavy atom. The molecule has 0 aromatic carbocycles. The second-order valence-electron chi connectivity index (χ2n) is 5.61. The van der Waals surface area contributed by atoms with Crippen LogP contribution >= 0.6 is 0 Å². The zero-order chi connectivity index (χ0) is 7.88. The van der Waals surface area contributed by atoms with Gasteiger partial charge in [0.05, 0.1) is 5.54 Å². The molecule has 12 heavy (non-hydrogen) atoms. The normalized spacial score (nSPS) is 87.4. The molecule has 2 nitrogen and oxygen atoms in total. The maximum absolute atomic E-state index is 10.3. The van der Waals surface area contributed by atoms with Crippen molar-refractivity contribution in [3.63, 3.8) is 0 Å². The standard InChI is InChI=1S/C10H9NO/c1-9-3-6-4(9)8-5(9)7(3)10(6,8)11-2-12/h3-8H,1H3. The lowest BCUT2D eigenvalue weighted by Crippen LogP contribution is -3.11. The third-order valence-electron chi connectivity index (χ3n) is 6.32. The summed E-state index contributed by atoms with van der Waals surface area (Å²) in [5, 5.41) is 0. The highest BCUT2D eigenvalue weighted by molar-refractivity contribution is 5.60. The average Bonchev–Trinajstić information content (AvgIpc) is 2.11. The van der Waals surface area contributed by atoms with Crippen LogP contribution in [-0.4, -0.2) is 11.6 Å². The molecule has 0 aromatic heterocycles. The molecule has 0 aliphatic heterocycles. The monoisotopic (exact) mass is 159 g/mol. The molecule has 60 valence electrons. The Morgan fingerprint density at radius 2 is 1.58 bits per heavy atom. The summed E-state index contributed by atoms with van der Waals surface area (Å²) in [5.74, 6) is 5.45. The van der Waals surface area contributed by atoms with Crippen molar-refractivity contribution in [3.05, 3.63) is 0 Å². The summed E-state index contributed by atoms with van der Waals surface area (Å²) in [7, 11) is 0. The first-order valence-electron chi connectivity index (χ1n) is 4.88. The van der Waals surface area contributed by atoms with Gasteiger partial charge >= 0.3 is 0 Å². The molecule has 0 radical (unpaired) electrons. The third-order valence-corrected chi connectivity index (χ3v) is 6.32. The first kappa shape index (κ1) is 5.18. The van der Waals surface area contributed by atoms with E-state index in [2.05, 4.69) is 11.9 Å². The lowest BCUT2D eigenvalue weighted by atomic mass is 8.94. The second-order valence-corrected chi connectivity index (χ2v) is 5.61. The van der Waals surface area contributed by atoms with Crippen LogP contribution < -0.4 is 0 Å². The molecule has 0 saturated heterocycles. The van der Waals surface area contributed by atoms with Gasteiger partial charge in [-0.1, -0.05) is 6.92 Å². The molecule has 0 atom stereocenters. The van der Waals surface area contributed by atoms with Crippen LogP contribution in [0.25, 0.3) is 0 Å². The minimum atomic E-state index is 0.194. The quantitative estimate of drug-likeness (QED) is 0.411. The molecule has 0 N–H and O–H groups in total. The SMILES string of the molecule is CC12C3C4C1C1C2C3C41N=C=O. The maximum Gasteiger partial charge on any atom is 0.235 e. The van der Waals surface area contributed by atoms with Crippen molar-refractivity contribution in [3.8, 4) is 0 Å². The highest BCUT2D eigenvalue weighted by Crippen LogP contribution is 3.07. The van der Waals surface area contributed by atoms with Crippen molar-refractivity contribution in [2.24, 2.45) is 45.9 Å². The highest BCUT2D eigenvalue weighted by atomic mass is 16.1. The molecule has 0 heterocycles. The zero-order valence-electron chi connectivity index (χ0n) is 6.82. The van der Waals surface area contributed by atoms with E-state index in [9.17, 15) is 4.79 Å². The van der Waals surface area contributed by atoms with Gasteiger partial charge in [0.15, 0.2) is 0 Å². The second kappa shape index (κ2) is 0.927. The molecule has 0 unspecified atom stereocenters. The average molecular weight is 159 g/mol. The molecule has 0 aromatic rings. The van der Waals surface area contributed by atoms with Crippen LogP contribution in [0.15, 0.2) is 4.99 Å². The fourth-order valence-corrected chi connectivity index (χ4v) is 6.31. The molecular formula is C10H9NO. The van der Waals surface area contributed by atoms with Crippen LogP contribution in [0.1, 0.15) is 6.92 Å². The van der Waals surface area contributed by atoms with E-state index in [0.29, 0.717) is 0 Å². The van der Waals surface area contributed by atoms with Crippen LogP contribution in [-0.2, 0) is 4.79 Å². The minimum Gasteiger partial charge on any atom is -0.211 e. The molecule has 6 aliphatic rings. The molecule has 6 fully saturated rings. The van der Waals surface area contributed by atoms with Gasteiger partial charge in [-0.05, 0) is 40.9 Å². The van der Waals surface area contributed by atoms with E-state index < -0.39 is 0 Å². The van der Waals surface area contributed by atoms with Crippen LogP contribution in [0.4, 0.5) is 0 Å². The molecular weight excluding hydrogens is 150 g/mol.